The smallest absolute Gasteiger partial charge is 0.331 e. The topological polar surface area (TPSA) is 273 Å². The van der Waals surface area contributed by atoms with Gasteiger partial charge in [-0.3, -0.25) is 9.59 Å². The van der Waals surface area contributed by atoms with Crippen molar-refractivity contribution in [3.63, 3.8) is 0 Å². The van der Waals surface area contributed by atoms with Crippen LogP contribution in [0.1, 0.15) is 25.0 Å². The van der Waals surface area contributed by atoms with Crippen LogP contribution in [0.2, 0.25) is 0 Å². The summed E-state index contributed by atoms with van der Waals surface area (Å²) in [6, 6.07) is 8.47. The number of esters is 4. The summed E-state index contributed by atoms with van der Waals surface area (Å²) in [4.78, 5) is 49.8. The maximum atomic E-state index is 13.1. The predicted molar refractivity (Wildman–Crippen MR) is 183 cm³/mol. The summed E-state index contributed by atoms with van der Waals surface area (Å²) in [7, 11) is 2.67. The molecule has 2 saturated heterocycles. The molecule has 0 radical (unpaired) electrons. The van der Waals surface area contributed by atoms with Crippen LogP contribution < -0.4 is 9.47 Å². The number of phenolic OH excluding ortho intramolecular Hbond substituents is 2. The van der Waals surface area contributed by atoms with E-state index >= 15 is 0 Å². The fraction of sp³-hybridized carbons (Fsp3) is 0.444. The molecular formula is C36H42O19. The minimum absolute atomic E-state index is 0.108. The first-order valence-electron chi connectivity index (χ1n) is 16.6. The van der Waals surface area contributed by atoms with Gasteiger partial charge in [-0.05, 0) is 47.5 Å². The van der Waals surface area contributed by atoms with E-state index in [1.54, 1.807) is 0 Å². The van der Waals surface area contributed by atoms with E-state index in [4.69, 9.17) is 42.6 Å². The van der Waals surface area contributed by atoms with Crippen LogP contribution in [0, 0.1) is 0 Å². The number of carbonyl (C=O) groups is 4. The van der Waals surface area contributed by atoms with E-state index in [-0.39, 0.29) is 23.0 Å². The van der Waals surface area contributed by atoms with Gasteiger partial charge in [-0.25, -0.2) is 9.59 Å². The Labute approximate surface area is 313 Å². The zero-order valence-corrected chi connectivity index (χ0v) is 30.0. The fourth-order valence-corrected chi connectivity index (χ4v) is 5.69. The van der Waals surface area contributed by atoms with E-state index in [2.05, 4.69) is 0 Å². The number of phenols is 2. The van der Waals surface area contributed by atoms with Crippen LogP contribution in [-0.2, 0) is 52.3 Å². The van der Waals surface area contributed by atoms with E-state index in [0.29, 0.717) is 11.1 Å². The molecule has 2 aliphatic heterocycles. The van der Waals surface area contributed by atoms with Gasteiger partial charge in [-0.2, -0.15) is 0 Å². The molecule has 9 atom stereocenters. The minimum atomic E-state index is -2.55. The first kappa shape index (κ1) is 42.5. The van der Waals surface area contributed by atoms with Crippen molar-refractivity contribution in [2.24, 2.45) is 0 Å². The van der Waals surface area contributed by atoms with Gasteiger partial charge >= 0.3 is 23.9 Å². The highest BCUT2D eigenvalue weighted by atomic mass is 16.8. The Bertz CT molecular complexity index is 1740. The molecule has 19 heteroatoms. The minimum Gasteiger partial charge on any atom is -0.504 e. The third kappa shape index (κ3) is 10.5. The molecule has 0 saturated carbocycles. The second-order valence-corrected chi connectivity index (χ2v) is 12.1. The number of rotatable bonds is 15. The van der Waals surface area contributed by atoms with Gasteiger partial charge in [0.15, 0.2) is 47.6 Å². The van der Waals surface area contributed by atoms with Crippen LogP contribution in [0.15, 0.2) is 48.6 Å². The maximum absolute atomic E-state index is 13.1. The molecule has 0 spiro atoms. The number of ether oxygens (including phenoxy) is 9. The molecule has 0 aliphatic carbocycles. The molecule has 19 nitrogen and oxygen atoms in total. The Kier molecular flexibility index (Phi) is 14.6. The molecule has 6 N–H and O–H groups in total. The summed E-state index contributed by atoms with van der Waals surface area (Å²) in [5.74, 6) is -6.40. The molecule has 9 unspecified atom stereocenters. The zero-order valence-electron chi connectivity index (χ0n) is 30.0. The van der Waals surface area contributed by atoms with Gasteiger partial charge in [0.25, 0.3) is 0 Å². The van der Waals surface area contributed by atoms with Gasteiger partial charge in [-0.1, -0.05) is 12.1 Å². The molecule has 2 aliphatic rings. The van der Waals surface area contributed by atoms with Gasteiger partial charge in [0.2, 0.25) is 5.79 Å². The number of hydrogen-bond acceptors (Lipinski definition) is 19. The average molecular weight is 779 g/mol. The van der Waals surface area contributed by atoms with E-state index < -0.39 is 98.5 Å². The molecule has 4 rings (SSSR count). The molecular weight excluding hydrogens is 736 g/mol. The van der Waals surface area contributed by atoms with Crippen molar-refractivity contribution in [3.8, 4) is 23.0 Å². The predicted octanol–water partition coefficient (Wildman–Crippen LogP) is -0.297. The SMILES string of the molecule is COc1cc(C=CC(=O)OCC2OC(OC3(CO)OC(CO)C(OC(C)=O)C3OC(=O)C=Cc3ccc(O)c(OC)c3)C(O)C(O)C2OC(C)=O)ccc1O. The highest BCUT2D eigenvalue weighted by Crippen LogP contribution is 2.40. The number of hydrogen-bond donors (Lipinski definition) is 6. The summed E-state index contributed by atoms with van der Waals surface area (Å²) >= 11 is 0. The molecule has 2 heterocycles. The number of aromatic hydroxyl groups is 2. The number of aliphatic hydroxyl groups is 4. The quantitative estimate of drug-likeness (QED) is 0.0770. The second kappa shape index (κ2) is 18.8. The van der Waals surface area contributed by atoms with E-state index in [1.165, 1.54) is 62.8 Å². The summed E-state index contributed by atoms with van der Waals surface area (Å²) in [5.41, 5.74) is 0.845. The Morgan fingerprint density at radius 1 is 0.764 bits per heavy atom. The van der Waals surface area contributed by atoms with Crippen molar-refractivity contribution in [2.45, 2.75) is 68.7 Å². The number of benzene rings is 2. The molecule has 2 fully saturated rings. The first-order chi connectivity index (χ1) is 26.1. The van der Waals surface area contributed by atoms with Crippen LogP contribution in [0.25, 0.3) is 12.2 Å². The van der Waals surface area contributed by atoms with Gasteiger partial charge in [0.1, 0.15) is 37.6 Å². The van der Waals surface area contributed by atoms with Crippen molar-refractivity contribution in [1.29, 1.82) is 0 Å². The van der Waals surface area contributed by atoms with Crippen molar-refractivity contribution < 1.29 is 92.4 Å². The molecule has 0 amide bonds. The first-order valence-corrected chi connectivity index (χ1v) is 16.6. The van der Waals surface area contributed by atoms with Crippen molar-refractivity contribution in [1.82, 2.24) is 0 Å². The van der Waals surface area contributed by atoms with Crippen LogP contribution in [0.3, 0.4) is 0 Å². The van der Waals surface area contributed by atoms with E-state index in [1.807, 2.05) is 0 Å². The third-order valence-corrected chi connectivity index (χ3v) is 8.27. The summed E-state index contributed by atoms with van der Waals surface area (Å²) in [6.45, 7) is -0.692. The maximum Gasteiger partial charge on any atom is 0.331 e. The molecule has 0 aromatic heterocycles. The van der Waals surface area contributed by atoms with Crippen LogP contribution in [0.5, 0.6) is 23.0 Å². The molecule has 0 bridgehead atoms. The van der Waals surface area contributed by atoms with Crippen LogP contribution >= 0.6 is 0 Å². The Morgan fingerprint density at radius 2 is 1.31 bits per heavy atom. The number of methoxy groups -OCH3 is 2. The summed E-state index contributed by atoms with van der Waals surface area (Å²) < 4.78 is 48.8. The van der Waals surface area contributed by atoms with Gasteiger partial charge in [-0.15, -0.1) is 0 Å². The molecule has 2 aromatic carbocycles. The Balaban J connectivity index is 1.58. The largest absolute Gasteiger partial charge is 0.504 e. The lowest BCUT2D eigenvalue weighted by molar-refractivity contribution is -0.383. The molecule has 55 heavy (non-hydrogen) atoms. The standard InChI is InChI=1S/C36H42O19/c1-18(39)50-32-27(16-49-28(43)11-7-20-5-9-22(41)24(13-20)47-3)52-35(31(46)30(32)45)55-36(17-38)34(33(51-19(2)40)26(15-37)54-36)53-29(44)12-8-21-6-10-23(42)25(14-21)48-4/h5-14,26-27,30-35,37-38,41-42,45-46H,15-17H2,1-4H3. The lowest BCUT2D eigenvalue weighted by Gasteiger charge is -2.44. The Hall–Kier alpha value is -5.28. The number of carbonyl (C=O) groups excluding carboxylic acids is 4. The van der Waals surface area contributed by atoms with Crippen molar-refractivity contribution >= 4 is 36.0 Å². The molecule has 300 valence electrons. The van der Waals surface area contributed by atoms with E-state index in [0.717, 1.165) is 26.0 Å². The monoisotopic (exact) mass is 778 g/mol. The second-order valence-electron chi connectivity index (χ2n) is 12.1. The lowest BCUT2D eigenvalue weighted by Crippen LogP contribution is -2.64. The normalized spacial score (nSPS) is 27.8. The summed E-state index contributed by atoms with van der Waals surface area (Å²) in [6.07, 6.45) is -9.52. The van der Waals surface area contributed by atoms with Crippen LogP contribution in [0.4, 0.5) is 0 Å². The van der Waals surface area contributed by atoms with Gasteiger partial charge in [0, 0.05) is 26.0 Å². The van der Waals surface area contributed by atoms with Crippen molar-refractivity contribution in [2.75, 3.05) is 34.0 Å². The average Bonchev–Trinajstić information content (AvgIpc) is 3.43. The fourth-order valence-electron chi connectivity index (χ4n) is 5.69. The van der Waals surface area contributed by atoms with Gasteiger partial charge in [0.05, 0.1) is 20.8 Å². The summed E-state index contributed by atoms with van der Waals surface area (Å²) in [5, 5.41) is 62.6. The number of aliphatic hydroxyl groups excluding tert-OH is 4. The zero-order chi connectivity index (χ0) is 40.4. The highest BCUT2D eigenvalue weighted by Gasteiger charge is 2.62. The lowest BCUT2D eigenvalue weighted by atomic mass is 9.98. The Morgan fingerprint density at radius 3 is 1.82 bits per heavy atom. The van der Waals surface area contributed by atoms with Crippen molar-refractivity contribution in [3.05, 3.63) is 59.7 Å². The highest BCUT2D eigenvalue weighted by molar-refractivity contribution is 5.88. The third-order valence-electron chi connectivity index (χ3n) is 8.27. The molecule has 2 aromatic rings. The van der Waals surface area contributed by atoms with E-state index in [9.17, 15) is 49.8 Å². The van der Waals surface area contributed by atoms with Crippen LogP contribution in [-0.4, -0.2) is 143 Å². The van der Waals surface area contributed by atoms with Gasteiger partial charge < -0.3 is 73.3 Å².